The van der Waals surface area contributed by atoms with Crippen LogP contribution in [-0.2, 0) is 18.4 Å². The number of fused-ring (bicyclic) bond motifs is 1. The van der Waals surface area contributed by atoms with Gasteiger partial charge in [0.1, 0.15) is 5.75 Å². The molecule has 5 rings (SSSR count). The number of furan rings is 1. The fourth-order valence-electron chi connectivity index (χ4n) is 5.89. The highest BCUT2D eigenvalue weighted by Crippen LogP contribution is 2.56. The van der Waals surface area contributed by atoms with E-state index in [1.807, 2.05) is 12.3 Å². The number of benzene rings is 1. The van der Waals surface area contributed by atoms with Crippen LogP contribution in [0.5, 0.6) is 5.75 Å². The first-order chi connectivity index (χ1) is 11.8. The van der Waals surface area contributed by atoms with Gasteiger partial charge < -0.3 is 9.52 Å². The van der Waals surface area contributed by atoms with E-state index >= 15 is 0 Å². The number of likely N-dealkylation sites (tertiary alicyclic amines) is 1. The lowest BCUT2D eigenvalue weighted by molar-refractivity contribution is -0.0158. The molecule has 0 radical (unpaired) electrons. The lowest BCUT2D eigenvalue weighted by Crippen LogP contribution is -2.60. The molecule has 2 aromatic rings. The van der Waals surface area contributed by atoms with Crippen molar-refractivity contribution in [3.05, 3.63) is 53.5 Å². The number of hydrogen-bond donors (Lipinski definition) is 1. The number of phenolic OH excluding ortho intramolecular Hbond substituents is 1. The predicted molar refractivity (Wildman–Crippen MR) is 93.0 cm³/mol. The van der Waals surface area contributed by atoms with Gasteiger partial charge in [-0.2, -0.15) is 0 Å². The van der Waals surface area contributed by atoms with Gasteiger partial charge in [-0.3, -0.25) is 4.90 Å². The molecule has 2 bridgehead atoms. The summed E-state index contributed by atoms with van der Waals surface area (Å²) >= 11 is 0. The molecule has 3 heteroatoms. The van der Waals surface area contributed by atoms with Crippen LogP contribution in [0.25, 0.3) is 0 Å². The Balaban J connectivity index is 1.56. The molecule has 126 valence electrons. The normalized spacial score (nSPS) is 32.2. The maximum Gasteiger partial charge on any atom is 0.115 e. The molecule has 1 aromatic heterocycles. The second-order valence-corrected chi connectivity index (χ2v) is 7.97. The molecular weight excluding hydrogens is 298 g/mol. The van der Waals surface area contributed by atoms with Crippen LogP contribution in [0.1, 0.15) is 48.8 Å². The molecule has 2 heterocycles. The Hall–Kier alpha value is -1.74. The first kappa shape index (κ1) is 14.6. The molecule has 1 saturated heterocycles. The smallest absolute Gasteiger partial charge is 0.115 e. The van der Waals surface area contributed by atoms with Crippen molar-refractivity contribution >= 4 is 0 Å². The summed E-state index contributed by atoms with van der Waals surface area (Å²) in [6.07, 6.45) is 11.3. The Labute approximate surface area is 143 Å². The van der Waals surface area contributed by atoms with Gasteiger partial charge in [-0.25, -0.2) is 0 Å². The summed E-state index contributed by atoms with van der Waals surface area (Å²) in [6, 6.07) is 8.85. The van der Waals surface area contributed by atoms with Crippen LogP contribution in [0.3, 0.4) is 0 Å². The Morgan fingerprint density at radius 1 is 1.21 bits per heavy atom. The van der Waals surface area contributed by atoms with Gasteiger partial charge in [0, 0.05) is 23.6 Å². The molecule has 0 spiro atoms. The van der Waals surface area contributed by atoms with Crippen molar-refractivity contribution in [2.75, 3.05) is 6.54 Å². The summed E-state index contributed by atoms with van der Waals surface area (Å²) in [5.41, 5.74) is 4.52. The third-order valence-electron chi connectivity index (χ3n) is 6.90. The Bertz CT molecular complexity index is 738. The highest BCUT2D eigenvalue weighted by Gasteiger charge is 2.53. The predicted octanol–water partition coefficient (Wildman–Crippen LogP) is 4.24. The fraction of sp³-hybridized carbons (Fsp3) is 0.524. The van der Waals surface area contributed by atoms with Crippen molar-refractivity contribution in [3.63, 3.8) is 0 Å². The van der Waals surface area contributed by atoms with Gasteiger partial charge in [0.25, 0.3) is 0 Å². The third kappa shape index (κ3) is 2.07. The van der Waals surface area contributed by atoms with E-state index in [1.165, 1.54) is 48.8 Å². The zero-order valence-corrected chi connectivity index (χ0v) is 14.1. The minimum atomic E-state index is 0.308. The van der Waals surface area contributed by atoms with E-state index < -0.39 is 0 Å². The molecule has 0 unspecified atom stereocenters. The molecule has 1 aromatic carbocycles. The number of hydrogen-bond acceptors (Lipinski definition) is 3. The van der Waals surface area contributed by atoms with Crippen molar-refractivity contribution in [3.8, 4) is 5.75 Å². The zero-order chi connectivity index (χ0) is 16.1. The van der Waals surface area contributed by atoms with Gasteiger partial charge >= 0.3 is 0 Å². The molecule has 24 heavy (non-hydrogen) atoms. The average molecular weight is 323 g/mol. The maximum absolute atomic E-state index is 10.1. The summed E-state index contributed by atoms with van der Waals surface area (Å²) in [5.74, 6) is 1.17. The van der Waals surface area contributed by atoms with Gasteiger partial charge in [0.15, 0.2) is 0 Å². The minimum Gasteiger partial charge on any atom is -0.508 e. The topological polar surface area (TPSA) is 36.6 Å². The summed E-state index contributed by atoms with van der Waals surface area (Å²) in [7, 11) is 0. The van der Waals surface area contributed by atoms with E-state index in [1.54, 1.807) is 6.26 Å². The number of phenols is 1. The molecule has 3 aliphatic rings. The summed E-state index contributed by atoms with van der Waals surface area (Å²) in [6.45, 7) is 2.16. The first-order valence-electron chi connectivity index (χ1n) is 9.34. The van der Waals surface area contributed by atoms with E-state index in [4.69, 9.17) is 4.42 Å². The quantitative estimate of drug-likeness (QED) is 0.898. The Morgan fingerprint density at radius 3 is 3.04 bits per heavy atom. The number of rotatable bonds is 2. The maximum atomic E-state index is 10.1. The molecule has 3 atom stereocenters. The van der Waals surface area contributed by atoms with Crippen LogP contribution in [0.4, 0.5) is 0 Å². The average Bonchev–Trinajstić information content (AvgIpc) is 3.11. The van der Waals surface area contributed by atoms with E-state index in [2.05, 4.69) is 23.1 Å². The van der Waals surface area contributed by atoms with Crippen molar-refractivity contribution in [1.82, 2.24) is 4.90 Å². The van der Waals surface area contributed by atoms with Crippen molar-refractivity contribution in [2.24, 2.45) is 5.92 Å². The Morgan fingerprint density at radius 2 is 2.17 bits per heavy atom. The zero-order valence-electron chi connectivity index (χ0n) is 14.1. The van der Waals surface area contributed by atoms with E-state index in [9.17, 15) is 5.11 Å². The van der Waals surface area contributed by atoms with Gasteiger partial charge in [-0.05, 0) is 67.5 Å². The Kier molecular flexibility index (Phi) is 3.27. The van der Waals surface area contributed by atoms with Crippen LogP contribution in [0, 0.1) is 5.92 Å². The van der Waals surface area contributed by atoms with E-state index in [0.29, 0.717) is 17.2 Å². The van der Waals surface area contributed by atoms with Crippen LogP contribution >= 0.6 is 0 Å². The van der Waals surface area contributed by atoms with Crippen molar-refractivity contribution in [1.29, 1.82) is 0 Å². The van der Waals surface area contributed by atoms with Crippen LogP contribution < -0.4 is 0 Å². The summed E-state index contributed by atoms with van der Waals surface area (Å²) in [5, 5.41) is 10.1. The fourth-order valence-corrected chi connectivity index (χ4v) is 5.89. The lowest BCUT2D eigenvalue weighted by Gasteiger charge is -2.59. The number of aromatic hydroxyl groups is 1. The largest absolute Gasteiger partial charge is 0.508 e. The second kappa shape index (κ2) is 5.38. The molecule has 1 aliphatic heterocycles. The highest BCUT2D eigenvalue weighted by molar-refractivity contribution is 5.45. The molecule has 1 saturated carbocycles. The molecule has 3 nitrogen and oxygen atoms in total. The first-order valence-corrected chi connectivity index (χ1v) is 9.34. The van der Waals surface area contributed by atoms with Crippen LogP contribution in [0.2, 0.25) is 0 Å². The SMILES string of the molecule is Oc1ccc2c(c1)[C@@]13CCCC[C@H]1[C@H](C2)N(Cc1ccoc1)CC3. The standard InChI is InChI=1S/C21H25NO2/c23-17-5-4-16-11-20-18-3-1-2-7-21(18,19(16)12-17)8-9-22(20)13-15-6-10-24-14-15/h4-6,10,12,14,18,20,23H,1-3,7-9,11,13H2/t18-,20-,21+/m0/s1. The van der Waals surface area contributed by atoms with E-state index in [0.717, 1.165) is 25.4 Å². The van der Waals surface area contributed by atoms with E-state index in [-0.39, 0.29) is 0 Å². The van der Waals surface area contributed by atoms with Gasteiger partial charge in [-0.1, -0.05) is 18.9 Å². The monoisotopic (exact) mass is 323 g/mol. The van der Waals surface area contributed by atoms with Gasteiger partial charge in [0.05, 0.1) is 12.5 Å². The van der Waals surface area contributed by atoms with Crippen molar-refractivity contribution < 1.29 is 9.52 Å². The van der Waals surface area contributed by atoms with Crippen LogP contribution in [-0.4, -0.2) is 22.6 Å². The minimum absolute atomic E-state index is 0.308. The molecule has 0 amide bonds. The van der Waals surface area contributed by atoms with Gasteiger partial charge in [-0.15, -0.1) is 0 Å². The van der Waals surface area contributed by atoms with Gasteiger partial charge in [0.2, 0.25) is 0 Å². The molecule has 2 fully saturated rings. The third-order valence-corrected chi connectivity index (χ3v) is 6.90. The lowest BCUT2D eigenvalue weighted by atomic mass is 9.52. The summed E-state index contributed by atoms with van der Waals surface area (Å²) < 4.78 is 5.28. The summed E-state index contributed by atoms with van der Waals surface area (Å²) in [4.78, 5) is 2.69. The second-order valence-electron chi connectivity index (χ2n) is 7.97. The van der Waals surface area contributed by atoms with Crippen molar-refractivity contribution in [2.45, 2.75) is 56.5 Å². The number of piperidine rings is 1. The molecular formula is C21H25NO2. The number of nitrogens with zero attached hydrogens (tertiary/aromatic N) is 1. The molecule has 2 aliphatic carbocycles. The molecule has 1 N–H and O–H groups in total. The van der Waals surface area contributed by atoms with Crippen LogP contribution in [0.15, 0.2) is 41.2 Å². The highest BCUT2D eigenvalue weighted by atomic mass is 16.3.